The average Bonchev–Trinajstić information content (AvgIpc) is 3.31. The van der Waals surface area contributed by atoms with E-state index in [2.05, 4.69) is 23.8 Å². The van der Waals surface area contributed by atoms with Gasteiger partial charge in [0.15, 0.2) is 22.8 Å². The second-order valence-electron chi connectivity index (χ2n) is 7.44. The summed E-state index contributed by atoms with van der Waals surface area (Å²) >= 11 is 1.27. The normalized spacial score (nSPS) is 26.3. The molecule has 0 saturated carbocycles. The zero-order chi connectivity index (χ0) is 28.0. The number of nitrogens with zero attached hydrogens (tertiary/aromatic N) is 4. The number of thioether (sulfide) groups is 1. The first-order chi connectivity index (χ1) is 16.9. The molecule has 1 aliphatic rings. The summed E-state index contributed by atoms with van der Waals surface area (Å²) in [6.07, 6.45) is -4.88. The monoisotopic (exact) mass is 611 g/mol. The Kier molecular flexibility index (Phi) is 8.89. The standard InChI is InChI=1S/C14H22F2N5O12P3S/c1-2-3-37-13-19-10(17)7-11(20-13)21(5-18-7)12-9(23)8(22)6(32-12)4-31-36(29,30)33-35(27,28)14(15,16)34(24,25)26/h5-6,8-9,12,22-23H,2-4H2,1H3,(H,27,28)(H,29,30)(H2,17,19,20)(H2,24,25,26)/p-4/t6-,8-,9+,12-/m1/s1. The summed E-state index contributed by atoms with van der Waals surface area (Å²) in [5, 5.41) is 14.8. The molecule has 1 fully saturated rings. The van der Waals surface area contributed by atoms with Crippen LogP contribution in [0.25, 0.3) is 11.2 Å². The van der Waals surface area contributed by atoms with Crippen LogP contribution in [0.4, 0.5) is 14.6 Å². The Labute approximate surface area is 210 Å². The van der Waals surface area contributed by atoms with Crippen molar-refractivity contribution in [3.63, 3.8) is 0 Å². The second kappa shape index (κ2) is 10.8. The summed E-state index contributed by atoms with van der Waals surface area (Å²) < 4.78 is 74.1. The van der Waals surface area contributed by atoms with Crippen LogP contribution in [0.15, 0.2) is 11.5 Å². The van der Waals surface area contributed by atoms with Gasteiger partial charge in [-0.2, -0.15) is 8.78 Å². The van der Waals surface area contributed by atoms with Crippen LogP contribution < -0.4 is 25.3 Å². The highest BCUT2D eigenvalue weighted by atomic mass is 32.2. The van der Waals surface area contributed by atoms with Gasteiger partial charge in [0.1, 0.15) is 23.8 Å². The highest BCUT2D eigenvalue weighted by Gasteiger charge is 2.49. The zero-order valence-corrected chi connectivity index (χ0v) is 21.9. The summed E-state index contributed by atoms with van der Waals surface area (Å²) in [4.78, 5) is 56.5. The largest absolute Gasteiger partial charge is 0.806 e. The Morgan fingerprint density at radius 2 is 1.86 bits per heavy atom. The lowest BCUT2D eigenvalue weighted by Crippen LogP contribution is -2.36. The van der Waals surface area contributed by atoms with Crippen molar-refractivity contribution >= 4 is 51.8 Å². The minimum atomic E-state index is -7.19. The quantitative estimate of drug-likeness (QED) is 0.141. The summed E-state index contributed by atoms with van der Waals surface area (Å²) in [5.41, 5.74) is 6.08. The highest BCUT2D eigenvalue weighted by molar-refractivity contribution is 7.99. The van der Waals surface area contributed by atoms with Crippen molar-refractivity contribution in [2.45, 2.75) is 48.4 Å². The molecular weight excluding hydrogens is 593 g/mol. The number of hydrogen-bond acceptors (Lipinski definition) is 17. The van der Waals surface area contributed by atoms with Crippen LogP contribution >= 0.6 is 34.8 Å². The van der Waals surface area contributed by atoms with E-state index in [1.54, 1.807) is 0 Å². The zero-order valence-electron chi connectivity index (χ0n) is 18.4. The Morgan fingerprint density at radius 3 is 2.46 bits per heavy atom. The number of imidazole rings is 1. The number of nitrogens with two attached hydrogens (primary N) is 1. The van der Waals surface area contributed by atoms with Gasteiger partial charge in [0.25, 0.3) is 7.82 Å². The molecule has 3 heterocycles. The summed E-state index contributed by atoms with van der Waals surface area (Å²) in [6.45, 7) is 0.638. The molecule has 23 heteroatoms. The molecule has 0 aliphatic carbocycles. The van der Waals surface area contributed by atoms with Gasteiger partial charge in [-0.15, -0.1) is 0 Å². The van der Waals surface area contributed by atoms with Gasteiger partial charge in [-0.05, 0) is 6.42 Å². The maximum Gasteiger partial charge on any atom is 0.332 e. The third-order valence-electron chi connectivity index (χ3n) is 4.74. The fraction of sp³-hybridized carbons (Fsp3) is 0.643. The molecule has 2 unspecified atom stereocenters. The molecule has 0 amide bonds. The molecule has 17 nitrogen and oxygen atoms in total. The molecule has 2 aromatic heterocycles. The first-order valence-electron chi connectivity index (χ1n) is 9.94. The van der Waals surface area contributed by atoms with Crippen molar-refractivity contribution in [2.75, 3.05) is 18.1 Å². The van der Waals surface area contributed by atoms with Crippen LogP contribution in [0.3, 0.4) is 0 Å². The van der Waals surface area contributed by atoms with E-state index in [4.69, 9.17) is 10.5 Å². The molecule has 4 N–H and O–H groups in total. The van der Waals surface area contributed by atoms with E-state index in [-0.39, 0.29) is 22.1 Å². The maximum absolute atomic E-state index is 13.3. The Balaban J connectivity index is 1.76. The number of phosphoric ester groups is 1. The molecule has 2 aromatic rings. The summed E-state index contributed by atoms with van der Waals surface area (Å²) in [7, 11) is -20.6. The van der Waals surface area contributed by atoms with Crippen molar-refractivity contribution in [3.8, 4) is 0 Å². The number of nitrogen functional groups attached to an aromatic ring is 1. The van der Waals surface area contributed by atoms with Crippen LogP contribution in [-0.2, 0) is 27.3 Å². The van der Waals surface area contributed by atoms with E-state index >= 15 is 0 Å². The second-order valence-corrected chi connectivity index (χ2v) is 13.8. The Bertz CT molecular complexity index is 1300. The van der Waals surface area contributed by atoms with E-state index in [1.165, 1.54) is 11.8 Å². The topological polar surface area (TPSA) is 281 Å². The number of hydrogen-bond donors (Lipinski definition) is 3. The van der Waals surface area contributed by atoms with Crippen LogP contribution in [0, 0.1) is 0 Å². The third-order valence-corrected chi connectivity index (χ3v) is 10.7. The van der Waals surface area contributed by atoms with E-state index in [0.29, 0.717) is 5.75 Å². The van der Waals surface area contributed by atoms with E-state index in [1.807, 2.05) is 6.92 Å². The lowest BCUT2D eigenvalue weighted by Gasteiger charge is -2.45. The Hall–Kier alpha value is -1.11. The van der Waals surface area contributed by atoms with Crippen molar-refractivity contribution in [3.05, 3.63) is 6.33 Å². The molecule has 0 aromatic carbocycles. The van der Waals surface area contributed by atoms with Gasteiger partial charge >= 0.3 is 5.40 Å². The molecular formula is C14H18F2N5O12P3S-4. The van der Waals surface area contributed by atoms with Gasteiger partial charge < -0.3 is 53.9 Å². The number of anilines is 1. The third kappa shape index (κ3) is 6.22. The number of rotatable bonds is 11. The number of aromatic nitrogens is 4. The van der Waals surface area contributed by atoms with Crippen molar-refractivity contribution in [1.82, 2.24) is 19.5 Å². The smallest absolute Gasteiger partial charge is 0.332 e. The molecule has 3 rings (SSSR count). The van der Waals surface area contributed by atoms with Gasteiger partial charge in [-0.3, -0.25) is 13.4 Å². The first kappa shape index (κ1) is 30.4. The Morgan fingerprint density at radius 1 is 1.22 bits per heavy atom. The number of fused-ring (bicyclic) bond motifs is 1. The molecule has 6 atom stereocenters. The van der Waals surface area contributed by atoms with Crippen molar-refractivity contribution in [1.29, 1.82) is 0 Å². The minimum Gasteiger partial charge on any atom is -0.806 e. The van der Waals surface area contributed by atoms with Gasteiger partial charge in [-0.1, -0.05) is 18.7 Å². The molecule has 1 saturated heterocycles. The highest BCUT2D eigenvalue weighted by Crippen LogP contribution is 2.72. The average molecular weight is 611 g/mol. The molecule has 210 valence electrons. The number of alkyl halides is 2. The van der Waals surface area contributed by atoms with Crippen molar-refractivity contribution < 1.29 is 65.8 Å². The predicted molar refractivity (Wildman–Crippen MR) is 111 cm³/mol. The number of phosphoric acid groups is 1. The van der Waals surface area contributed by atoms with E-state index < -0.39 is 59.6 Å². The van der Waals surface area contributed by atoms with Crippen LogP contribution in [-0.4, -0.2) is 65.8 Å². The number of aliphatic hydroxyl groups excluding tert-OH is 2. The fourth-order valence-corrected chi connectivity index (χ4v) is 7.17. The first-order valence-corrected chi connectivity index (χ1v) is 15.5. The van der Waals surface area contributed by atoms with Gasteiger partial charge in [0.2, 0.25) is 7.60 Å². The number of ether oxygens (including phenoxy) is 1. The van der Waals surface area contributed by atoms with Crippen LogP contribution in [0.1, 0.15) is 19.6 Å². The molecule has 0 bridgehead atoms. The van der Waals surface area contributed by atoms with Crippen LogP contribution in [0.5, 0.6) is 0 Å². The van der Waals surface area contributed by atoms with E-state index in [0.717, 1.165) is 17.3 Å². The van der Waals surface area contributed by atoms with Crippen LogP contribution in [0.2, 0.25) is 0 Å². The summed E-state index contributed by atoms with van der Waals surface area (Å²) in [5.74, 6) is 0.653. The maximum atomic E-state index is 13.3. The van der Waals surface area contributed by atoms with Gasteiger partial charge in [0, 0.05) is 13.3 Å². The minimum absolute atomic E-state index is 0.000682. The van der Waals surface area contributed by atoms with Crippen molar-refractivity contribution in [2.24, 2.45) is 0 Å². The molecule has 0 spiro atoms. The molecule has 0 radical (unpaired) electrons. The SMILES string of the molecule is CCCSc1nc(N)c2ncn([C@@H]3O[C@H](COP(=O)([O-])OP(=O)([O-])C(F)(F)P(=O)([O-])[O-])[C@@H](O)[C@@H]3O)c2n1. The fourth-order valence-electron chi connectivity index (χ4n) is 2.98. The lowest BCUT2D eigenvalue weighted by molar-refractivity contribution is -0.331. The molecule has 1 aliphatic heterocycles. The number of aliphatic hydroxyl groups is 2. The van der Waals surface area contributed by atoms with Gasteiger partial charge in [0.05, 0.1) is 12.9 Å². The predicted octanol–water partition coefficient (Wildman–Crippen LogP) is -1.95. The summed E-state index contributed by atoms with van der Waals surface area (Å²) in [6, 6.07) is 0. The molecule has 37 heavy (non-hydrogen) atoms. The lowest BCUT2D eigenvalue weighted by atomic mass is 10.1. The van der Waals surface area contributed by atoms with E-state index in [9.17, 15) is 52.3 Å². The number of halogens is 2. The van der Waals surface area contributed by atoms with Gasteiger partial charge in [-0.25, -0.2) is 15.0 Å².